The van der Waals surface area contributed by atoms with Crippen molar-refractivity contribution in [3.05, 3.63) is 36.5 Å². The number of aliphatic carboxylic acids is 1. The lowest BCUT2D eigenvalue weighted by Gasteiger charge is -2.34. The standard InChI is InChI=1S/C54H99NO7/c1-6-8-10-12-14-16-18-20-22-23-24-25-26-27-28-29-31-32-34-36-38-40-42-44-52(56)61-49-50(48-60-47-46-51(54(58)59)55(3,4)5)62-53(57)45-43-41-39-37-35-33-30-21-19-17-15-13-11-9-7-2/h9,11,15,17,21,30,50-51H,6-8,10,12-14,16,18-20,22-29,31-49H2,1-5H3/b11-9-,17-15-,30-21-. The smallest absolute Gasteiger partial charge is 0.306 e. The number of esters is 2. The van der Waals surface area contributed by atoms with Gasteiger partial charge in [-0.05, 0) is 44.9 Å². The molecular formula is C54H99NO7. The van der Waals surface area contributed by atoms with E-state index in [-0.39, 0.29) is 42.7 Å². The number of likely N-dealkylation sites (N-methyl/N-ethyl adjacent to an activating group) is 1. The van der Waals surface area contributed by atoms with Crippen LogP contribution in [0.15, 0.2) is 36.5 Å². The van der Waals surface area contributed by atoms with Gasteiger partial charge in [-0.3, -0.25) is 9.59 Å². The van der Waals surface area contributed by atoms with Gasteiger partial charge in [0.05, 0.1) is 40.3 Å². The Bertz CT molecular complexity index is 1110. The van der Waals surface area contributed by atoms with E-state index in [2.05, 4.69) is 50.3 Å². The molecule has 0 radical (unpaired) electrons. The van der Waals surface area contributed by atoms with Crippen LogP contribution in [-0.2, 0) is 28.6 Å². The van der Waals surface area contributed by atoms with Crippen LogP contribution in [0.3, 0.4) is 0 Å². The number of carboxylic acid groups (broad SMARTS) is 1. The van der Waals surface area contributed by atoms with E-state index in [1.54, 1.807) is 21.1 Å². The van der Waals surface area contributed by atoms with Gasteiger partial charge in [-0.1, -0.05) is 211 Å². The fourth-order valence-electron chi connectivity index (χ4n) is 7.79. The summed E-state index contributed by atoms with van der Waals surface area (Å²) >= 11 is 0. The third-order valence-corrected chi connectivity index (χ3v) is 11.8. The predicted molar refractivity (Wildman–Crippen MR) is 259 cm³/mol. The highest BCUT2D eigenvalue weighted by Crippen LogP contribution is 2.17. The van der Waals surface area contributed by atoms with Crippen molar-refractivity contribution < 1.29 is 38.2 Å². The van der Waals surface area contributed by atoms with Gasteiger partial charge in [0.1, 0.15) is 12.6 Å². The quantitative estimate of drug-likeness (QED) is 0.0260. The number of carboxylic acids is 1. The molecule has 0 saturated heterocycles. The van der Waals surface area contributed by atoms with Crippen molar-refractivity contribution in [2.24, 2.45) is 0 Å². The summed E-state index contributed by atoms with van der Waals surface area (Å²) in [6.07, 6.45) is 53.3. The maximum atomic E-state index is 12.8. The molecule has 0 aromatic rings. The monoisotopic (exact) mass is 874 g/mol. The highest BCUT2D eigenvalue weighted by molar-refractivity contribution is 5.70. The molecule has 2 atom stereocenters. The number of hydrogen-bond donors (Lipinski definition) is 0. The third-order valence-electron chi connectivity index (χ3n) is 11.8. The lowest BCUT2D eigenvalue weighted by Crippen LogP contribution is -2.55. The minimum atomic E-state index is -1.13. The van der Waals surface area contributed by atoms with Crippen LogP contribution < -0.4 is 5.11 Å². The fraction of sp³-hybridized carbons (Fsp3) is 0.833. The van der Waals surface area contributed by atoms with Gasteiger partial charge in [0.2, 0.25) is 0 Å². The van der Waals surface area contributed by atoms with Gasteiger partial charge in [0, 0.05) is 19.3 Å². The number of rotatable bonds is 47. The highest BCUT2D eigenvalue weighted by atomic mass is 16.6. The molecule has 0 aliphatic carbocycles. The first kappa shape index (κ1) is 59.5. The van der Waals surface area contributed by atoms with E-state index in [9.17, 15) is 19.5 Å². The molecule has 2 unspecified atom stereocenters. The Kier molecular flexibility index (Phi) is 43.3. The molecule has 362 valence electrons. The second-order valence-corrected chi connectivity index (χ2v) is 18.7. The Balaban J connectivity index is 4.17. The zero-order valence-corrected chi connectivity index (χ0v) is 41.3. The SMILES string of the molecule is CC/C=C\C/C=C\C/C=C\CCCCCCCC(=O)OC(COCCC(C(=O)[O-])[N+](C)(C)C)COC(=O)CCCCCCCCCCCCCCCCCCCCCCCCC. The van der Waals surface area contributed by atoms with Crippen molar-refractivity contribution in [2.45, 2.75) is 251 Å². The first-order valence-electron chi connectivity index (χ1n) is 26.0. The van der Waals surface area contributed by atoms with Crippen molar-refractivity contribution in [1.82, 2.24) is 0 Å². The number of nitrogens with zero attached hydrogens (tertiary/aromatic N) is 1. The maximum Gasteiger partial charge on any atom is 0.306 e. The zero-order chi connectivity index (χ0) is 45.6. The average molecular weight is 874 g/mol. The molecule has 0 saturated carbocycles. The Morgan fingerprint density at radius 3 is 1.34 bits per heavy atom. The zero-order valence-electron chi connectivity index (χ0n) is 41.3. The molecule has 0 aromatic carbocycles. The average Bonchev–Trinajstić information content (AvgIpc) is 3.23. The third kappa shape index (κ3) is 42.8. The molecule has 0 aliphatic rings. The Hall–Kier alpha value is -2.45. The highest BCUT2D eigenvalue weighted by Gasteiger charge is 2.25. The number of ether oxygens (including phenoxy) is 3. The molecule has 0 aliphatic heterocycles. The Morgan fingerprint density at radius 2 is 0.903 bits per heavy atom. The van der Waals surface area contributed by atoms with Gasteiger partial charge < -0.3 is 28.6 Å². The maximum absolute atomic E-state index is 12.8. The van der Waals surface area contributed by atoms with Crippen molar-refractivity contribution >= 4 is 17.9 Å². The number of unbranched alkanes of at least 4 members (excludes halogenated alkanes) is 27. The van der Waals surface area contributed by atoms with Crippen molar-refractivity contribution in [1.29, 1.82) is 0 Å². The van der Waals surface area contributed by atoms with Crippen LogP contribution >= 0.6 is 0 Å². The van der Waals surface area contributed by atoms with Gasteiger partial charge >= 0.3 is 11.9 Å². The largest absolute Gasteiger partial charge is 0.544 e. The van der Waals surface area contributed by atoms with Crippen LogP contribution in [-0.4, -0.2) is 75.5 Å². The fourth-order valence-corrected chi connectivity index (χ4v) is 7.79. The van der Waals surface area contributed by atoms with E-state index in [0.717, 1.165) is 77.0 Å². The number of carbonyl (C=O) groups is 3. The summed E-state index contributed by atoms with van der Waals surface area (Å²) in [4.78, 5) is 37.0. The number of carbonyl (C=O) groups excluding carboxylic acids is 3. The summed E-state index contributed by atoms with van der Waals surface area (Å²) in [5.74, 6) is -1.74. The summed E-state index contributed by atoms with van der Waals surface area (Å²) < 4.78 is 17.2. The first-order valence-corrected chi connectivity index (χ1v) is 26.0. The van der Waals surface area contributed by atoms with Crippen molar-refractivity contribution in [3.8, 4) is 0 Å². The van der Waals surface area contributed by atoms with Crippen LogP contribution in [0.2, 0.25) is 0 Å². The van der Waals surface area contributed by atoms with Gasteiger partial charge in [-0.2, -0.15) is 0 Å². The van der Waals surface area contributed by atoms with Gasteiger partial charge in [-0.25, -0.2) is 0 Å². The van der Waals surface area contributed by atoms with Gasteiger partial charge in [0.15, 0.2) is 6.10 Å². The second-order valence-electron chi connectivity index (χ2n) is 18.7. The Labute approximate surface area is 383 Å². The van der Waals surface area contributed by atoms with E-state index in [4.69, 9.17) is 14.2 Å². The molecule has 0 spiro atoms. The normalized spacial score (nSPS) is 13.1. The summed E-state index contributed by atoms with van der Waals surface area (Å²) in [5.41, 5.74) is 0. The molecule has 0 amide bonds. The molecule has 0 fully saturated rings. The Morgan fingerprint density at radius 1 is 0.500 bits per heavy atom. The topological polar surface area (TPSA) is 102 Å². The van der Waals surface area contributed by atoms with Crippen LogP contribution in [0.4, 0.5) is 0 Å². The molecule has 0 rings (SSSR count). The van der Waals surface area contributed by atoms with E-state index in [1.807, 2.05) is 0 Å². The molecule has 0 bridgehead atoms. The molecule has 0 heterocycles. The van der Waals surface area contributed by atoms with E-state index in [1.165, 1.54) is 128 Å². The van der Waals surface area contributed by atoms with Crippen molar-refractivity contribution in [2.75, 3.05) is 41.0 Å². The second kappa shape index (κ2) is 45.1. The molecular weight excluding hydrogens is 775 g/mol. The molecule has 0 N–H and O–H groups in total. The summed E-state index contributed by atoms with van der Waals surface area (Å²) in [6.45, 7) is 4.57. The summed E-state index contributed by atoms with van der Waals surface area (Å²) in [7, 11) is 5.41. The summed E-state index contributed by atoms with van der Waals surface area (Å²) in [6, 6.07) is -0.728. The van der Waals surface area contributed by atoms with E-state index in [0.29, 0.717) is 12.8 Å². The molecule has 8 nitrogen and oxygen atoms in total. The first-order chi connectivity index (χ1) is 30.1. The lowest BCUT2D eigenvalue weighted by molar-refractivity contribution is -0.889. The van der Waals surface area contributed by atoms with Gasteiger partial charge in [0.25, 0.3) is 0 Å². The van der Waals surface area contributed by atoms with Crippen LogP contribution in [0.25, 0.3) is 0 Å². The van der Waals surface area contributed by atoms with E-state index >= 15 is 0 Å². The summed E-state index contributed by atoms with van der Waals surface area (Å²) in [5, 5.41) is 11.7. The minimum absolute atomic E-state index is 0.0363. The number of hydrogen-bond acceptors (Lipinski definition) is 7. The van der Waals surface area contributed by atoms with Crippen molar-refractivity contribution in [3.63, 3.8) is 0 Å². The minimum Gasteiger partial charge on any atom is -0.544 e. The predicted octanol–water partition coefficient (Wildman–Crippen LogP) is 13.6. The molecule has 8 heteroatoms. The van der Waals surface area contributed by atoms with Crippen LogP contribution in [0.1, 0.15) is 239 Å². The van der Waals surface area contributed by atoms with Gasteiger partial charge in [-0.15, -0.1) is 0 Å². The van der Waals surface area contributed by atoms with Crippen LogP contribution in [0.5, 0.6) is 0 Å². The number of quaternary nitrogens is 1. The lowest BCUT2D eigenvalue weighted by atomic mass is 10.0. The number of allylic oxidation sites excluding steroid dienone is 6. The molecule has 62 heavy (non-hydrogen) atoms. The molecule has 0 aromatic heterocycles. The van der Waals surface area contributed by atoms with E-state index < -0.39 is 18.1 Å². The van der Waals surface area contributed by atoms with Crippen LogP contribution in [0, 0.1) is 0 Å².